The van der Waals surface area contributed by atoms with Crippen LogP contribution in [0.3, 0.4) is 0 Å². The van der Waals surface area contributed by atoms with Crippen molar-refractivity contribution in [3.63, 3.8) is 0 Å². The van der Waals surface area contributed by atoms with Crippen molar-refractivity contribution in [3.05, 3.63) is 29.3 Å². The number of oxime groups is 1. The standard InChI is InChI=1S/C8H9NO4S/c1-6-2-3-8(14(11,12)13)4-7(6)5-9-10/h2-5,10H,1H3,(H,11,12,13)/b9-5+. The van der Waals surface area contributed by atoms with E-state index in [2.05, 4.69) is 5.16 Å². The lowest BCUT2D eigenvalue weighted by Crippen LogP contribution is -2.00. The molecule has 0 saturated carbocycles. The summed E-state index contributed by atoms with van der Waals surface area (Å²) in [7, 11) is -4.20. The molecule has 2 N–H and O–H groups in total. The van der Waals surface area contributed by atoms with Gasteiger partial charge in [-0.05, 0) is 24.6 Å². The highest BCUT2D eigenvalue weighted by Gasteiger charge is 2.10. The number of hydrogen-bond acceptors (Lipinski definition) is 4. The van der Waals surface area contributed by atoms with E-state index in [1.54, 1.807) is 6.92 Å². The summed E-state index contributed by atoms with van der Waals surface area (Å²) in [5, 5.41) is 11.1. The third kappa shape index (κ3) is 2.30. The minimum Gasteiger partial charge on any atom is -0.411 e. The zero-order valence-corrected chi connectivity index (χ0v) is 8.19. The largest absolute Gasteiger partial charge is 0.411 e. The van der Waals surface area contributed by atoms with Crippen LogP contribution in [-0.2, 0) is 10.1 Å². The molecule has 6 heteroatoms. The molecule has 5 nitrogen and oxygen atoms in total. The summed E-state index contributed by atoms with van der Waals surface area (Å²) in [6.45, 7) is 1.73. The Labute approximate surface area is 81.4 Å². The topological polar surface area (TPSA) is 87.0 Å². The second-order valence-electron chi connectivity index (χ2n) is 2.74. The highest BCUT2D eigenvalue weighted by Crippen LogP contribution is 2.13. The van der Waals surface area contributed by atoms with Crippen molar-refractivity contribution in [2.75, 3.05) is 0 Å². The predicted molar refractivity (Wildman–Crippen MR) is 50.4 cm³/mol. The van der Waals surface area contributed by atoms with Crippen molar-refractivity contribution in [1.82, 2.24) is 0 Å². The number of nitrogens with zero attached hydrogens (tertiary/aromatic N) is 1. The molecule has 1 aromatic rings. The summed E-state index contributed by atoms with van der Waals surface area (Å²) in [6.07, 6.45) is 1.10. The van der Waals surface area contributed by atoms with Gasteiger partial charge >= 0.3 is 0 Å². The molecule has 76 valence electrons. The molecule has 14 heavy (non-hydrogen) atoms. The lowest BCUT2D eigenvalue weighted by atomic mass is 10.1. The van der Waals surface area contributed by atoms with Crippen LogP contribution in [-0.4, -0.2) is 24.4 Å². The molecule has 0 radical (unpaired) electrons. The monoisotopic (exact) mass is 215 g/mol. The van der Waals surface area contributed by atoms with Crippen LogP contribution >= 0.6 is 0 Å². The first kappa shape index (κ1) is 10.7. The molecule has 0 spiro atoms. The zero-order chi connectivity index (χ0) is 10.8. The predicted octanol–water partition coefficient (Wildman–Crippen LogP) is 1.05. The minimum atomic E-state index is -4.20. The van der Waals surface area contributed by atoms with Crippen LogP contribution in [0.25, 0.3) is 0 Å². The molecule has 0 unspecified atom stereocenters. The summed E-state index contributed by atoms with van der Waals surface area (Å²) in [5.41, 5.74) is 1.18. The molecule has 0 bridgehead atoms. The van der Waals surface area contributed by atoms with Gasteiger partial charge in [0.1, 0.15) is 0 Å². The first-order valence-electron chi connectivity index (χ1n) is 3.70. The molecule has 0 aliphatic heterocycles. The highest BCUT2D eigenvalue weighted by molar-refractivity contribution is 7.85. The average molecular weight is 215 g/mol. The molecule has 0 atom stereocenters. The molecule has 0 heterocycles. The normalized spacial score (nSPS) is 12.1. The summed E-state index contributed by atoms with van der Waals surface area (Å²) in [6, 6.07) is 4.02. The van der Waals surface area contributed by atoms with Crippen molar-refractivity contribution < 1.29 is 18.2 Å². The fourth-order valence-corrected chi connectivity index (χ4v) is 1.50. The fraction of sp³-hybridized carbons (Fsp3) is 0.125. The first-order chi connectivity index (χ1) is 6.45. The Bertz CT molecular complexity index is 464. The van der Waals surface area contributed by atoms with E-state index in [4.69, 9.17) is 9.76 Å². The Morgan fingerprint density at radius 1 is 1.43 bits per heavy atom. The van der Waals surface area contributed by atoms with E-state index in [0.717, 1.165) is 11.8 Å². The summed E-state index contributed by atoms with van der Waals surface area (Å²) >= 11 is 0. The van der Waals surface area contributed by atoms with Crippen LogP contribution in [0, 0.1) is 6.92 Å². The lowest BCUT2D eigenvalue weighted by Gasteiger charge is -2.01. The van der Waals surface area contributed by atoms with Crippen LogP contribution in [0.1, 0.15) is 11.1 Å². The van der Waals surface area contributed by atoms with Gasteiger partial charge in [-0.15, -0.1) is 0 Å². The van der Waals surface area contributed by atoms with E-state index >= 15 is 0 Å². The van der Waals surface area contributed by atoms with Gasteiger partial charge in [-0.1, -0.05) is 11.2 Å². The molecule has 1 rings (SSSR count). The number of hydrogen-bond donors (Lipinski definition) is 2. The summed E-state index contributed by atoms with van der Waals surface area (Å²) in [5.74, 6) is 0. The number of aryl methyl sites for hydroxylation is 1. The third-order valence-electron chi connectivity index (χ3n) is 1.75. The van der Waals surface area contributed by atoms with E-state index in [0.29, 0.717) is 5.56 Å². The van der Waals surface area contributed by atoms with E-state index in [-0.39, 0.29) is 4.90 Å². The Morgan fingerprint density at radius 3 is 2.57 bits per heavy atom. The highest BCUT2D eigenvalue weighted by atomic mass is 32.2. The van der Waals surface area contributed by atoms with Crippen molar-refractivity contribution in [3.8, 4) is 0 Å². The van der Waals surface area contributed by atoms with Crippen molar-refractivity contribution in [1.29, 1.82) is 0 Å². The van der Waals surface area contributed by atoms with Gasteiger partial charge in [-0.25, -0.2) is 0 Å². The van der Waals surface area contributed by atoms with Crippen LogP contribution in [0.5, 0.6) is 0 Å². The van der Waals surface area contributed by atoms with Crippen LogP contribution in [0.15, 0.2) is 28.3 Å². The lowest BCUT2D eigenvalue weighted by molar-refractivity contribution is 0.322. The molecule has 1 aromatic carbocycles. The van der Waals surface area contributed by atoms with Gasteiger partial charge in [0.2, 0.25) is 0 Å². The maximum atomic E-state index is 10.7. The van der Waals surface area contributed by atoms with E-state index < -0.39 is 10.1 Å². The maximum Gasteiger partial charge on any atom is 0.294 e. The van der Waals surface area contributed by atoms with E-state index in [9.17, 15) is 8.42 Å². The Balaban J connectivity index is 3.34. The quantitative estimate of drug-likeness (QED) is 0.334. The van der Waals surface area contributed by atoms with Crippen molar-refractivity contribution in [2.24, 2.45) is 5.16 Å². The third-order valence-corrected chi connectivity index (χ3v) is 2.60. The summed E-state index contributed by atoms with van der Waals surface area (Å²) < 4.78 is 30.2. The first-order valence-corrected chi connectivity index (χ1v) is 5.15. The molecule has 0 aliphatic carbocycles. The van der Waals surface area contributed by atoms with Gasteiger partial charge in [0.05, 0.1) is 11.1 Å². The molecule has 0 fully saturated rings. The average Bonchev–Trinajstić information content (AvgIpc) is 2.07. The van der Waals surface area contributed by atoms with Crippen LogP contribution in [0.4, 0.5) is 0 Å². The van der Waals surface area contributed by atoms with Crippen molar-refractivity contribution in [2.45, 2.75) is 11.8 Å². The smallest absolute Gasteiger partial charge is 0.294 e. The van der Waals surface area contributed by atoms with E-state index in [1.165, 1.54) is 18.2 Å². The fourth-order valence-electron chi connectivity index (χ4n) is 0.980. The molecule has 0 amide bonds. The van der Waals surface area contributed by atoms with Crippen LogP contribution < -0.4 is 0 Å². The molecule has 0 aliphatic rings. The number of benzene rings is 1. The minimum absolute atomic E-state index is 0.224. The Hall–Kier alpha value is -1.40. The molecular weight excluding hydrogens is 206 g/mol. The van der Waals surface area contributed by atoms with E-state index in [1.807, 2.05) is 0 Å². The second kappa shape index (κ2) is 3.77. The Morgan fingerprint density at radius 2 is 2.07 bits per heavy atom. The number of rotatable bonds is 2. The second-order valence-corrected chi connectivity index (χ2v) is 4.16. The van der Waals surface area contributed by atoms with Gasteiger partial charge in [-0.2, -0.15) is 8.42 Å². The van der Waals surface area contributed by atoms with Gasteiger partial charge in [0.25, 0.3) is 10.1 Å². The van der Waals surface area contributed by atoms with Gasteiger partial charge in [0.15, 0.2) is 0 Å². The molecular formula is C8H9NO4S. The maximum absolute atomic E-state index is 10.7. The van der Waals surface area contributed by atoms with Gasteiger partial charge < -0.3 is 5.21 Å². The Kier molecular flexibility index (Phi) is 2.87. The molecule has 0 saturated heterocycles. The van der Waals surface area contributed by atoms with Gasteiger partial charge in [0, 0.05) is 5.56 Å². The molecule has 0 aromatic heterocycles. The summed E-state index contributed by atoms with van der Waals surface area (Å²) in [4.78, 5) is -0.224. The van der Waals surface area contributed by atoms with Crippen molar-refractivity contribution >= 4 is 16.3 Å². The van der Waals surface area contributed by atoms with Crippen LogP contribution in [0.2, 0.25) is 0 Å². The zero-order valence-electron chi connectivity index (χ0n) is 7.38. The SMILES string of the molecule is Cc1ccc(S(=O)(=O)O)cc1/C=N/O. The van der Waals surface area contributed by atoms with Gasteiger partial charge in [-0.3, -0.25) is 4.55 Å².